The van der Waals surface area contributed by atoms with Gasteiger partial charge in [-0.25, -0.2) is 0 Å². The smallest absolute Gasteiger partial charge is 0.101 e. The van der Waals surface area contributed by atoms with Gasteiger partial charge < -0.3 is 15.2 Å². The summed E-state index contributed by atoms with van der Waals surface area (Å²) in [7, 11) is 1.55. The van der Waals surface area contributed by atoms with Crippen molar-refractivity contribution < 1.29 is 9.84 Å². The quantitative estimate of drug-likeness (QED) is 0.729. The SMILES string of the molecule is COCC(CO)Nc1cnccc1C#N. The minimum atomic E-state index is -0.230. The lowest BCUT2D eigenvalue weighted by atomic mass is 10.2. The molecule has 1 aromatic heterocycles. The van der Waals surface area contributed by atoms with Gasteiger partial charge in [0.1, 0.15) is 6.07 Å². The van der Waals surface area contributed by atoms with Gasteiger partial charge in [-0.2, -0.15) is 5.26 Å². The van der Waals surface area contributed by atoms with Gasteiger partial charge in [-0.3, -0.25) is 4.98 Å². The topological polar surface area (TPSA) is 78.2 Å². The number of nitrogens with one attached hydrogen (secondary N) is 1. The van der Waals surface area contributed by atoms with Crippen LogP contribution in [0.4, 0.5) is 5.69 Å². The van der Waals surface area contributed by atoms with Crippen LogP contribution >= 0.6 is 0 Å². The Morgan fingerprint density at radius 2 is 2.53 bits per heavy atom. The predicted molar refractivity (Wildman–Crippen MR) is 55.3 cm³/mol. The Morgan fingerprint density at radius 1 is 1.73 bits per heavy atom. The number of ether oxygens (including phenoxy) is 1. The summed E-state index contributed by atoms with van der Waals surface area (Å²) in [5, 5.41) is 20.8. The summed E-state index contributed by atoms with van der Waals surface area (Å²) in [6.45, 7) is 0.309. The number of aliphatic hydroxyl groups is 1. The number of methoxy groups -OCH3 is 1. The molecule has 5 heteroatoms. The first-order valence-corrected chi connectivity index (χ1v) is 4.52. The number of anilines is 1. The zero-order valence-corrected chi connectivity index (χ0v) is 8.47. The third kappa shape index (κ3) is 3.20. The maximum absolute atomic E-state index is 9.04. The largest absolute Gasteiger partial charge is 0.394 e. The molecule has 0 fully saturated rings. The van der Waals surface area contributed by atoms with Crippen LogP contribution in [-0.4, -0.2) is 36.5 Å². The minimum absolute atomic E-state index is 0.0619. The maximum Gasteiger partial charge on any atom is 0.101 e. The number of aliphatic hydroxyl groups excluding tert-OH is 1. The molecule has 0 aliphatic carbocycles. The number of aromatic nitrogens is 1. The van der Waals surface area contributed by atoms with Gasteiger partial charge in [0.25, 0.3) is 0 Å². The van der Waals surface area contributed by atoms with Gasteiger partial charge in [0.15, 0.2) is 0 Å². The van der Waals surface area contributed by atoms with Crippen molar-refractivity contribution in [3.8, 4) is 6.07 Å². The van der Waals surface area contributed by atoms with Crippen molar-refractivity contribution in [3.05, 3.63) is 24.0 Å². The maximum atomic E-state index is 9.04. The molecule has 0 aromatic carbocycles. The lowest BCUT2D eigenvalue weighted by Crippen LogP contribution is -2.29. The lowest BCUT2D eigenvalue weighted by molar-refractivity contribution is 0.153. The van der Waals surface area contributed by atoms with Crippen molar-refractivity contribution in [1.82, 2.24) is 4.98 Å². The summed E-state index contributed by atoms with van der Waals surface area (Å²) in [4.78, 5) is 3.90. The second kappa shape index (κ2) is 5.96. The molecule has 0 spiro atoms. The number of nitrogens with zero attached hydrogens (tertiary/aromatic N) is 2. The number of pyridine rings is 1. The highest BCUT2D eigenvalue weighted by molar-refractivity contribution is 5.55. The average Bonchev–Trinajstić information content (AvgIpc) is 2.29. The van der Waals surface area contributed by atoms with Gasteiger partial charge in [0, 0.05) is 13.3 Å². The second-order valence-corrected chi connectivity index (χ2v) is 3.01. The van der Waals surface area contributed by atoms with Crippen LogP contribution in [0.3, 0.4) is 0 Å². The summed E-state index contributed by atoms with van der Waals surface area (Å²) in [5.41, 5.74) is 1.11. The average molecular weight is 207 g/mol. The zero-order chi connectivity index (χ0) is 11.1. The Hall–Kier alpha value is -1.64. The Labute approximate surface area is 88.3 Å². The first-order chi connectivity index (χ1) is 7.31. The van der Waals surface area contributed by atoms with Gasteiger partial charge >= 0.3 is 0 Å². The number of nitriles is 1. The molecule has 0 aliphatic heterocycles. The minimum Gasteiger partial charge on any atom is -0.394 e. The van der Waals surface area contributed by atoms with Gasteiger partial charge in [0.2, 0.25) is 0 Å². The lowest BCUT2D eigenvalue weighted by Gasteiger charge is -2.16. The van der Waals surface area contributed by atoms with Crippen molar-refractivity contribution in [2.24, 2.45) is 0 Å². The second-order valence-electron chi connectivity index (χ2n) is 3.01. The van der Waals surface area contributed by atoms with Crippen molar-refractivity contribution in [2.75, 3.05) is 25.6 Å². The first kappa shape index (κ1) is 11.4. The fourth-order valence-electron chi connectivity index (χ4n) is 1.17. The van der Waals surface area contributed by atoms with Crippen molar-refractivity contribution in [2.45, 2.75) is 6.04 Å². The monoisotopic (exact) mass is 207 g/mol. The molecule has 2 N–H and O–H groups in total. The van der Waals surface area contributed by atoms with Crippen LogP contribution in [0.25, 0.3) is 0 Å². The Balaban J connectivity index is 2.74. The molecule has 0 amide bonds. The molecule has 80 valence electrons. The third-order valence-corrected chi connectivity index (χ3v) is 1.89. The fourth-order valence-corrected chi connectivity index (χ4v) is 1.17. The molecule has 1 unspecified atom stereocenters. The summed E-state index contributed by atoms with van der Waals surface area (Å²) in [6.07, 6.45) is 3.10. The highest BCUT2D eigenvalue weighted by Gasteiger charge is 2.09. The molecular weight excluding hydrogens is 194 g/mol. The van der Waals surface area contributed by atoms with E-state index in [1.807, 2.05) is 6.07 Å². The molecule has 15 heavy (non-hydrogen) atoms. The van der Waals surface area contributed by atoms with E-state index in [0.29, 0.717) is 17.9 Å². The number of hydrogen-bond acceptors (Lipinski definition) is 5. The van der Waals surface area contributed by atoms with Gasteiger partial charge in [-0.05, 0) is 6.07 Å². The molecule has 5 nitrogen and oxygen atoms in total. The van der Waals surface area contributed by atoms with Crippen LogP contribution in [0, 0.1) is 11.3 Å². The van der Waals surface area contributed by atoms with Crippen LogP contribution in [0.15, 0.2) is 18.5 Å². The van der Waals surface area contributed by atoms with Crippen LogP contribution < -0.4 is 5.32 Å². The van der Waals surface area contributed by atoms with Gasteiger partial charge in [0.05, 0.1) is 36.7 Å². The normalized spacial score (nSPS) is 11.8. The predicted octanol–water partition coefficient (Wildman–Crippen LogP) is 0.372. The van der Waals surface area contributed by atoms with Crippen LogP contribution in [0.2, 0.25) is 0 Å². The fraction of sp³-hybridized carbons (Fsp3) is 0.400. The van der Waals surface area contributed by atoms with E-state index in [-0.39, 0.29) is 12.6 Å². The van der Waals surface area contributed by atoms with Gasteiger partial charge in [-0.15, -0.1) is 0 Å². The van der Waals surface area contributed by atoms with Gasteiger partial charge in [-0.1, -0.05) is 0 Å². The molecular formula is C10H13N3O2. The Kier molecular flexibility index (Phi) is 4.54. The molecule has 0 radical (unpaired) electrons. The molecule has 1 heterocycles. The Bertz CT molecular complexity index is 349. The summed E-state index contributed by atoms with van der Waals surface area (Å²) in [6, 6.07) is 3.43. The van der Waals surface area contributed by atoms with E-state index in [9.17, 15) is 0 Å². The first-order valence-electron chi connectivity index (χ1n) is 4.52. The molecule has 1 atom stereocenters. The third-order valence-electron chi connectivity index (χ3n) is 1.89. The number of hydrogen-bond donors (Lipinski definition) is 2. The van der Waals surface area contributed by atoms with Crippen LogP contribution in [0.1, 0.15) is 5.56 Å². The number of rotatable bonds is 5. The molecule has 0 bridgehead atoms. The van der Waals surface area contributed by atoms with E-state index < -0.39 is 0 Å². The summed E-state index contributed by atoms with van der Waals surface area (Å²) in [5.74, 6) is 0. The van der Waals surface area contributed by atoms with E-state index in [1.165, 1.54) is 0 Å². The standard InChI is InChI=1S/C10H13N3O2/c1-15-7-9(6-14)13-10-5-12-3-2-8(10)4-11/h2-3,5,9,13-14H,6-7H2,1H3. The zero-order valence-electron chi connectivity index (χ0n) is 8.47. The molecule has 0 saturated carbocycles. The van der Waals surface area contributed by atoms with Crippen LogP contribution in [0.5, 0.6) is 0 Å². The van der Waals surface area contributed by atoms with Crippen molar-refractivity contribution >= 4 is 5.69 Å². The van der Waals surface area contributed by atoms with E-state index in [2.05, 4.69) is 10.3 Å². The molecule has 0 aliphatic rings. The van der Waals surface area contributed by atoms with E-state index in [1.54, 1.807) is 25.6 Å². The van der Waals surface area contributed by atoms with E-state index >= 15 is 0 Å². The summed E-state index contributed by atoms with van der Waals surface area (Å²) < 4.78 is 4.91. The summed E-state index contributed by atoms with van der Waals surface area (Å²) >= 11 is 0. The van der Waals surface area contributed by atoms with Crippen molar-refractivity contribution in [3.63, 3.8) is 0 Å². The highest BCUT2D eigenvalue weighted by Crippen LogP contribution is 2.12. The van der Waals surface area contributed by atoms with Crippen molar-refractivity contribution in [1.29, 1.82) is 5.26 Å². The van der Waals surface area contributed by atoms with E-state index in [0.717, 1.165) is 0 Å². The van der Waals surface area contributed by atoms with E-state index in [4.69, 9.17) is 15.1 Å². The molecule has 1 rings (SSSR count). The van der Waals surface area contributed by atoms with Crippen LogP contribution in [-0.2, 0) is 4.74 Å². The molecule has 0 saturated heterocycles. The Morgan fingerprint density at radius 3 is 3.13 bits per heavy atom. The molecule has 1 aromatic rings. The highest BCUT2D eigenvalue weighted by atomic mass is 16.5.